The Hall–Kier alpha value is -1.59. The smallest absolute Gasteiger partial charge is 0.239 e. The van der Waals surface area contributed by atoms with Crippen LogP contribution in [0.25, 0.3) is 0 Å². The van der Waals surface area contributed by atoms with E-state index in [2.05, 4.69) is 0 Å². The number of benzene rings is 1. The average Bonchev–Trinajstić information content (AvgIpc) is 2.48. The molecule has 0 radical (unpaired) electrons. The molecule has 3 unspecified atom stereocenters. The number of carbonyl (C=O) groups excluding carboxylic acids is 1. The Labute approximate surface area is 125 Å². The Morgan fingerprint density at radius 1 is 1.33 bits per heavy atom. The number of aliphatic hydroxyl groups excluding tert-OH is 1. The number of aliphatic hydroxyl groups is 1. The average molecular weight is 292 g/mol. The molecule has 116 valence electrons. The van der Waals surface area contributed by atoms with E-state index in [9.17, 15) is 15.0 Å². The predicted octanol–water partition coefficient (Wildman–Crippen LogP) is 1.02. The number of phenols is 1. The Morgan fingerprint density at radius 2 is 1.95 bits per heavy atom. The molecule has 3 atom stereocenters. The van der Waals surface area contributed by atoms with Gasteiger partial charge in [-0.2, -0.15) is 0 Å². The SMILES string of the molecule is CN(C(=O)C(N)Cc1ccc(O)cc1)C1CCCCC1O. The first-order valence-corrected chi connectivity index (χ1v) is 7.47. The number of hydrogen-bond donors (Lipinski definition) is 3. The monoisotopic (exact) mass is 292 g/mol. The number of phenolic OH excluding ortho intramolecular Hbond substituents is 1. The molecule has 0 spiro atoms. The van der Waals surface area contributed by atoms with Gasteiger partial charge in [0, 0.05) is 7.05 Å². The van der Waals surface area contributed by atoms with E-state index in [1.54, 1.807) is 36.2 Å². The van der Waals surface area contributed by atoms with Gasteiger partial charge in [0.05, 0.1) is 18.2 Å². The van der Waals surface area contributed by atoms with Crippen molar-refractivity contribution in [1.29, 1.82) is 0 Å². The van der Waals surface area contributed by atoms with Crippen LogP contribution >= 0.6 is 0 Å². The maximum absolute atomic E-state index is 12.4. The van der Waals surface area contributed by atoms with Crippen molar-refractivity contribution in [3.05, 3.63) is 29.8 Å². The van der Waals surface area contributed by atoms with Gasteiger partial charge < -0.3 is 20.8 Å². The number of likely N-dealkylation sites (N-methyl/N-ethyl adjacent to an activating group) is 1. The van der Waals surface area contributed by atoms with Crippen LogP contribution in [0, 0.1) is 0 Å². The fraction of sp³-hybridized carbons (Fsp3) is 0.562. The lowest BCUT2D eigenvalue weighted by atomic mass is 9.91. The van der Waals surface area contributed by atoms with Gasteiger partial charge in [-0.15, -0.1) is 0 Å². The first-order valence-electron chi connectivity index (χ1n) is 7.47. The molecule has 1 saturated carbocycles. The zero-order chi connectivity index (χ0) is 15.4. The highest BCUT2D eigenvalue weighted by Crippen LogP contribution is 2.23. The molecule has 0 saturated heterocycles. The van der Waals surface area contributed by atoms with Crippen LogP contribution in [-0.2, 0) is 11.2 Å². The lowest BCUT2D eigenvalue weighted by molar-refractivity contribution is -0.136. The molecule has 0 aliphatic heterocycles. The summed E-state index contributed by atoms with van der Waals surface area (Å²) in [5.41, 5.74) is 6.91. The van der Waals surface area contributed by atoms with Gasteiger partial charge in [0.15, 0.2) is 0 Å². The van der Waals surface area contributed by atoms with Crippen LogP contribution in [0.5, 0.6) is 5.75 Å². The van der Waals surface area contributed by atoms with Gasteiger partial charge in [0.2, 0.25) is 5.91 Å². The molecule has 1 aliphatic carbocycles. The summed E-state index contributed by atoms with van der Waals surface area (Å²) < 4.78 is 0. The summed E-state index contributed by atoms with van der Waals surface area (Å²) in [6.07, 6.45) is 3.59. The molecular formula is C16H24N2O3. The normalized spacial score (nSPS) is 23.6. The van der Waals surface area contributed by atoms with E-state index in [0.29, 0.717) is 6.42 Å². The lowest BCUT2D eigenvalue weighted by Gasteiger charge is -2.36. The molecule has 1 aromatic rings. The predicted molar refractivity (Wildman–Crippen MR) is 80.8 cm³/mol. The molecule has 21 heavy (non-hydrogen) atoms. The fourth-order valence-corrected chi connectivity index (χ4v) is 2.94. The minimum absolute atomic E-state index is 0.128. The molecule has 1 fully saturated rings. The van der Waals surface area contributed by atoms with Crippen LogP contribution in [0.1, 0.15) is 31.2 Å². The zero-order valence-corrected chi connectivity index (χ0v) is 12.4. The summed E-state index contributed by atoms with van der Waals surface area (Å²) in [5.74, 6) is 0.0510. The second-order valence-corrected chi connectivity index (χ2v) is 5.85. The zero-order valence-electron chi connectivity index (χ0n) is 12.4. The molecule has 5 nitrogen and oxygen atoms in total. The molecule has 1 aromatic carbocycles. The quantitative estimate of drug-likeness (QED) is 0.773. The van der Waals surface area contributed by atoms with Crippen molar-refractivity contribution in [3.63, 3.8) is 0 Å². The summed E-state index contributed by atoms with van der Waals surface area (Å²) in [4.78, 5) is 14.0. The molecule has 1 amide bonds. The van der Waals surface area contributed by atoms with Gasteiger partial charge in [-0.3, -0.25) is 4.79 Å². The molecule has 1 aliphatic rings. The third kappa shape index (κ3) is 3.95. The summed E-state index contributed by atoms with van der Waals surface area (Å²) in [6, 6.07) is 5.93. The third-order valence-electron chi connectivity index (χ3n) is 4.25. The van der Waals surface area contributed by atoms with E-state index in [4.69, 9.17) is 5.73 Å². The van der Waals surface area contributed by atoms with Crippen LogP contribution in [0.15, 0.2) is 24.3 Å². The number of nitrogens with zero attached hydrogens (tertiary/aromatic N) is 1. The van der Waals surface area contributed by atoms with E-state index < -0.39 is 12.1 Å². The van der Waals surface area contributed by atoms with E-state index in [1.807, 2.05) is 0 Å². The molecule has 5 heteroatoms. The third-order valence-corrected chi connectivity index (χ3v) is 4.25. The van der Waals surface area contributed by atoms with E-state index in [-0.39, 0.29) is 17.7 Å². The number of amides is 1. The van der Waals surface area contributed by atoms with Gasteiger partial charge in [-0.25, -0.2) is 0 Å². The number of rotatable bonds is 4. The molecule has 2 rings (SSSR count). The first kappa shape index (κ1) is 15.8. The summed E-state index contributed by atoms with van der Waals surface area (Å²) in [6.45, 7) is 0. The van der Waals surface area contributed by atoms with Crippen LogP contribution in [0.3, 0.4) is 0 Å². The van der Waals surface area contributed by atoms with Gasteiger partial charge >= 0.3 is 0 Å². The summed E-state index contributed by atoms with van der Waals surface area (Å²) in [7, 11) is 1.72. The molecular weight excluding hydrogens is 268 g/mol. The maximum Gasteiger partial charge on any atom is 0.239 e. The fourth-order valence-electron chi connectivity index (χ4n) is 2.94. The van der Waals surface area contributed by atoms with Crippen LogP contribution in [0.2, 0.25) is 0 Å². The number of nitrogens with two attached hydrogens (primary N) is 1. The number of aromatic hydroxyl groups is 1. The summed E-state index contributed by atoms with van der Waals surface area (Å²) >= 11 is 0. The molecule has 0 aromatic heterocycles. The van der Waals surface area contributed by atoms with E-state index >= 15 is 0 Å². The molecule has 0 bridgehead atoms. The van der Waals surface area contributed by atoms with Crippen LogP contribution < -0.4 is 5.73 Å². The van der Waals surface area contributed by atoms with Gasteiger partial charge in [0.25, 0.3) is 0 Å². The standard InChI is InChI=1S/C16H24N2O3/c1-18(14-4-2-3-5-15(14)20)16(21)13(17)10-11-6-8-12(19)9-7-11/h6-9,13-15,19-20H,2-5,10,17H2,1H3. The minimum atomic E-state index is -0.631. The number of hydrogen-bond acceptors (Lipinski definition) is 4. The lowest BCUT2D eigenvalue weighted by Crippen LogP contribution is -2.52. The molecule has 4 N–H and O–H groups in total. The van der Waals surface area contributed by atoms with Crippen LogP contribution in [0.4, 0.5) is 0 Å². The Morgan fingerprint density at radius 3 is 2.57 bits per heavy atom. The van der Waals surface area contributed by atoms with Crippen molar-refractivity contribution < 1.29 is 15.0 Å². The second kappa shape index (κ2) is 6.91. The van der Waals surface area contributed by atoms with Crippen molar-refractivity contribution in [3.8, 4) is 5.75 Å². The highest BCUT2D eigenvalue weighted by atomic mass is 16.3. The number of carbonyl (C=O) groups is 1. The van der Waals surface area contributed by atoms with Crippen molar-refractivity contribution in [2.24, 2.45) is 5.73 Å². The highest BCUT2D eigenvalue weighted by Gasteiger charge is 2.31. The largest absolute Gasteiger partial charge is 0.508 e. The first-order chi connectivity index (χ1) is 9.99. The van der Waals surface area contributed by atoms with Crippen molar-refractivity contribution in [2.45, 2.75) is 50.3 Å². The van der Waals surface area contributed by atoms with Crippen molar-refractivity contribution in [2.75, 3.05) is 7.05 Å². The minimum Gasteiger partial charge on any atom is -0.508 e. The van der Waals surface area contributed by atoms with E-state index in [1.165, 1.54) is 0 Å². The Kier molecular flexibility index (Phi) is 5.20. The highest BCUT2D eigenvalue weighted by molar-refractivity contribution is 5.82. The second-order valence-electron chi connectivity index (χ2n) is 5.85. The van der Waals surface area contributed by atoms with Crippen molar-refractivity contribution in [1.82, 2.24) is 4.90 Å². The molecule has 0 heterocycles. The maximum atomic E-state index is 12.4. The topological polar surface area (TPSA) is 86.8 Å². The van der Waals surface area contributed by atoms with Gasteiger partial charge in [-0.05, 0) is 37.0 Å². The van der Waals surface area contributed by atoms with Crippen LogP contribution in [-0.4, -0.2) is 46.3 Å². The van der Waals surface area contributed by atoms with Gasteiger partial charge in [-0.1, -0.05) is 25.0 Å². The van der Waals surface area contributed by atoms with E-state index in [0.717, 1.165) is 31.2 Å². The Balaban J connectivity index is 1.96. The van der Waals surface area contributed by atoms with Gasteiger partial charge in [0.1, 0.15) is 5.75 Å². The Bertz CT molecular complexity index is 475. The summed E-state index contributed by atoms with van der Waals surface area (Å²) in [5, 5.41) is 19.3. The van der Waals surface area contributed by atoms with Crippen molar-refractivity contribution >= 4 is 5.91 Å².